The molecule has 2 rings (SSSR count). The molecule has 2 aromatic rings. The van der Waals surface area contributed by atoms with Crippen LogP contribution >= 0.6 is 0 Å². The van der Waals surface area contributed by atoms with Crippen molar-refractivity contribution in [2.24, 2.45) is 4.99 Å². The number of nitrogens with zero attached hydrogens (tertiary/aromatic N) is 1. The number of sulfonamides is 1. The zero-order chi connectivity index (χ0) is 22.2. The van der Waals surface area contributed by atoms with E-state index in [1.807, 2.05) is 63.2 Å². The van der Waals surface area contributed by atoms with Gasteiger partial charge < -0.3 is 15.4 Å². The lowest BCUT2D eigenvalue weighted by Crippen LogP contribution is -2.36. The SMILES string of the molecule is CN=C(NCc1cccc(CS(=O)(=O)NC)c1)NCc1ccccc1OC(C)(C)C. The van der Waals surface area contributed by atoms with Crippen LogP contribution in [-0.2, 0) is 28.9 Å². The van der Waals surface area contributed by atoms with Crippen molar-refractivity contribution in [3.05, 3.63) is 65.2 Å². The summed E-state index contributed by atoms with van der Waals surface area (Å²) in [4.78, 5) is 4.27. The van der Waals surface area contributed by atoms with Gasteiger partial charge in [-0.3, -0.25) is 4.99 Å². The molecule has 3 N–H and O–H groups in total. The van der Waals surface area contributed by atoms with Gasteiger partial charge in [-0.05, 0) is 45.0 Å². The third kappa shape index (κ3) is 8.04. The topological polar surface area (TPSA) is 91.8 Å². The van der Waals surface area contributed by atoms with Crippen LogP contribution in [0.3, 0.4) is 0 Å². The van der Waals surface area contributed by atoms with Crippen LogP contribution in [0.25, 0.3) is 0 Å². The molecule has 0 amide bonds. The summed E-state index contributed by atoms with van der Waals surface area (Å²) in [5, 5.41) is 6.56. The standard InChI is InChI=1S/C22H32N4O3S/c1-22(2,3)29-20-12-7-6-11-19(20)15-26-21(23-4)25-14-17-9-8-10-18(13-17)16-30(27,28)24-5/h6-13,24H,14-16H2,1-5H3,(H2,23,25,26). The maximum Gasteiger partial charge on any atom is 0.215 e. The highest BCUT2D eigenvalue weighted by Crippen LogP contribution is 2.22. The summed E-state index contributed by atoms with van der Waals surface area (Å²) < 4.78 is 31.9. The fourth-order valence-corrected chi connectivity index (χ4v) is 3.55. The Kier molecular flexibility index (Phi) is 8.25. The van der Waals surface area contributed by atoms with Gasteiger partial charge in [-0.25, -0.2) is 13.1 Å². The van der Waals surface area contributed by atoms with E-state index in [-0.39, 0.29) is 11.4 Å². The fourth-order valence-electron chi connectivity index (χ4n) is 2.79. The van der Waals surface area contributed by atoms with E-state index in [2.05, 4.69) is 20.3 Å². The average molecular weight is 433 g/mol. The first kappa shape index (κ1) is 23.7. The van der Waals surface area contributed by atoms with E-state index >= 15 is 0 Å². The zero-order valence-electron chi connectivity index (χ0n) is 18.3. The Hall–Kier alpha value is -2.58. The quantitative estimate of drug-likeness (QED) is 0.441. The number of rotatable bonds is 8. The molecule has 164 valence electrons. The van der Waals surface area contributed by atoms with Crippen molar-refractivity contribution in [3.63, 3.8) is 0 Å². The van der Waals surface area contributed by atoms with E-state index in [0.29, 0.717) is 19.0 Å². The smallest absolute Gasteiger partial charge is 0.215 e. The second kappa shape index (κ2) is 10.4. The molecule has 0 heterocycles. The fraction of sp³-hybridized carbons (Fsp3) is 0.409. The monoisotopic (exact) mass is 432 g/mol. The Morgan fingerprint density at radius 1 is 1.00 bits per heavy atom. The molecule has 0 saturated heterocycles. The van der Waals surface area contributed by atoms with E-state index < -0.39 is 10.0 Å². The number of benzene rings is 2. The summed E-state index contributed by atoms with van der Waals surface area (Å²) >= 11 is 0. The predicted molar refractivity (Wildman–Crippen MR) is 122 cm³/mol. The molecule has 0 saturated carbocycles. The minimum atomic E-state index is -3.30. The highest BCUT2D eigenvalue weighted by atomic mass is 32.2. The molecule has 8 heteroatoms. The first-order chi connectivity index (χ1) is 14.1. The molecule has 0 unspecified atom stereocenters. The molecule has 0 spiro atoms. The Balaban J connectivity index is 1.97. The van der Waals surface area contributed by atoms with Crippen LogP contribution in [0.2, 0.25) is 0 Å². The van der Waals surface area contributed by atoms with Crippen molar-refractivity contribution in [1.29, 1.82) is 0 Å². The van der Waals surface area contributed by atoms with Gasteiger partial charge in [0.2, 0.25) is 10.0 Å². The number of para-hydroxylation sites is 1. The lowest BCUT2D eigenvalue weighted by Gasteiger charge is -2.23. The summed E-state index contributed by atoms with van der Waals surface area (Å²) in [5.41, 5.74) is 2.47. The minimum absolute atomic E-state index is 0.0468. The van der Waals surface area contributed by atoms with Gasteiger partial charge in [0.1, 0.15) is 11.4 Å². The predicted octanol–water partition coefficient (Wildman–Crippen LogP) is 2.78. The van der Waals surface area contributed by atoms with Gasteiger partial charge in [0, 0.05) is 25.7 Å². The zero-order valence-corrected chi connectivity index (χ0v) is 19.1. The summed E-state index contributed by atoms with van der Waals surface area (Å²) in [5.74, 6) is 1.44. The molecular weight excluding hydrogens is 400 g/mol. The molecule has 0 aliphatic heterocycles. The van der Waals surface area contributed by atoms with Gasteiger partial charge in [-0.1, -0.05) is 42.5 Å². The molecule has 0 aliphatic rings. The van der Waals surface area contributed by atoms with Crippen LogP contribution in [0.5, 0.6) is 5.75 Å². The molecule has 0 aromatic heterocycles. The molecular formula is C22H32N4O3S. The second-order valence-corrected chi connectivity index (χ2v) is 9.81. The summed E-state index contributed by atoms with van der Waals surface area (Å²) in [6, 6.07) is 15.4. The largest absolute Gasteiger partial charge is 0.488 e. The first-order valence-corrected chi connectivity index (χ1v) is 11.5. The molecule has 0 fully saturated rings. The van der Waals surface area contributed by atoms with E-state index in [1.165, 1.54) is 7.05 Å². The molecule has 0 bridgehead atoms. The lowest BCUT2D eigenvalue weighted by molar-refractivity contribution is 0.129. The Bertz CT molecular complexity index is 966. The van der Waals surface area contributed by atoms with Gasteiger partial charge in [-0.15, -0.1) is 0 Å². The Morgan fingerprint density at radius 2 is 1.67 bits per heavy atom. The van der Waals surface area contributed by atoms with Crippen LogP contribution < -0.4 is 20.1 Å². The van der Waals surface area contributed by atoms with Gasteiger partial charge in [0.15, 0.2) is 5.96 Å². The molecule has 30 heavy (non-hydrogen) atoms. The van der Waals surface area contributed by atoms with E-state index in [4.69, 9.17) is 4.74 Å². The molecule has 7 nitrogen and oxygen atoms in total. The van der Waals surface area contributed by atoms with Gasteiger partial charge in [0.25, 0.3) is 0 Å². The maximum absolute atomic E-state index is 11.8. The number of aliphatic imine (C=N–C) groups is 1. The van der Waals surface area contributed by atoms with Crippen molar-refractivity contribution in [2.45, 2.75) is 45.2 Å². The lowest BCUT2D eigenvalue weighted by atomic mass is 10.1. The van der Waals surface area contributed by atoms with Crippen molar-refractivity contribution >= 4 is 16.0 Å². The summed E-state index contributed by atoms with van der Waals surface area (Å²) in [6.45, 7) is 7.15. The van der Waals surface area contributed by atoms with Crippen molar-refractivity contribution in [2.75, 3.05) is 14.1 Å². The number of nitrogens with one attached hydrogen (secondary N) is 3. The van der Waals surface area contributed by atoms with Crippen molar-refractivity contribution in [3.8, 4) is 5.75 Å². The molecule has 0 radical (unpaired) electrons. The van der Waals surface area contributed by atoms with Crippen LogP contribution in [0.15, 0.2) is 53.5 Å². The molecule has 0 aliphatic carbocycles. The first-order valence-electron chi connectivity index (χ1n) is 9.82. The van der Waals surface area contributed by atoms with E-state index in [9.17, 15) is 8.42 Å². The highest BCUT2D eigenvalue weighted by Gasteiger charge is 2.14. The normalized spacial score (nSPS) is 12.5. The Labute approximate surface area is 180 Å². The molecule has 0 atom stereocenters. The number of ether oxygens (including phenoxy) is 1. The van der Waals surface area contributed by atoms with E-state index in [0.717, 1.165) is 22.4 Å². The third-order valence-corrected chi connectivity index (χ3v) is 5.51. The van der Waals surface area contributed by atoms with E-state index in [1.54, 1.807) is 13.1 Å². The van der Waals surface area contributed by atoms with Crippen LogP contribution in [-0.4, -0.2) is 34.1 Å². The van der Waals surface area contributed by atoms with Gasteiger partial charge in [-0.2, -0.15) is 0 Å². The maximum atomic E-state index is 11.8. The second-order valence-electron chi connectivity index (χ2n) is 7.88. The number of guanidine groups is 1. The number of hydrogen-bond acceptors (Lipinski definition) is 4. The van der Waals surface area contributed by atoms with Gasteiger partial charge in [0.05, 0.1) is 5.75 Å². The van der Waals surface area contributed by atoms with Gasteiger partial charge >= 0.3 is 0 Å². The van der Waals surface area contributed by atoms with Crippen LogP contribution in [0.4, 0.5) is 0 Å². The average Bonchev–Trinajstić information content (AvgIpc) is 2.68. The molecule has 2 aromatic carbocycles. The Morgan fingerprint density at radius 3 is 2.33 bits per heavy atom. The minimum Gasteiger partial charge on any atom is -0.488 e. The van der Waals surface area contributed by atoms with Crippen LogP contribution in [0, 0.1) is 0 Å². The van der Waals surface area contributed by atoms with Crippen LogP contribution in [0.1, 0.15) is 37.5 Å². The summed E-state index contributed by atoms with van der Waals surface area (Å²) in [7, 11) is -0.171. The number of hydrogen-bond donors (Lipinski definition) is 3. The van der Waals surface area contributed by atoms with Crippen molar-refractivity contribution < 1.29 is 13.2 Å². The summed E-state index contributed by atoms with van der Waals surface area (Å²) in [6.07, 6.45) is 0. The highest BCUT2D eigenvalue weighted by molar-refractivity contribution is 7.88. The third-order valence-electron chi connectivity index (χ3n) is 4.18. The van der Waals surface area contributed by atoms with Crippen molar-refractivity contribution in [1.82, 2.24) is 15.4 Å².